The van der Waals surface area contributed by atoms with E-state index in [0.29, 0.717) is 12.5 Å². The first-order valence-electron chi connectivity index (χ1n) is 6.42. The first kappa shape index (κ1) is 14.5. The summed E-state index contributed by atoms with van der Waals surface area (Å²) in [4.78, 5) is 4.24. The molecule has 0 aromatic carbocycles. The Hall–Kier alpha value is -1.56. The summed E-state index contributed by atoms with van der Waals surface area (Å²) in [5, 5.41) is 7.18. The highest BCUT2D eigenvalue weighted by molar-refractivity contribution is 5.77. The van der Waals surface area contributed by atoms with Gasteiger partial charge in [-0.1, -0.05) is 0 Å². The minimum Gasteiger partial charge on any atom is -0.382 e. The minimum absolute atomic E-state index is 0.506. The number of aromatic nitrogens is 2. The van der Waals surface area contributed by atoms with Crippen molar-refractivity contribution in [1.29, 1.82) is 0 Å². The third-order valence-electron chi connectivity index (χ3n) is 2.36. The summed E-state index contributed by atoms with van der Waals surface area (Å²) in [5.41, 5.74) is 5.72. The molecular formula is C12H23N5O. The van der Waals surface area contributed by atoms with E-state index in [0.717, 1.165) is 39.1 Å². The molecule has 0 radical (unpaired) electrons. The molecule has 1 rings (SSSR count). The van der Waals surface area contributed by atoms with Crippen LogP contribution in [0.4, 0.5) is 0 Å². The zero-order chi connectivity index (χ0) is 13.1. The molecule has 0 saturated carbocycles. The molecule has 3 N–H and O–H groups in total. The van der Waals surface area contributed by atoms with Gasteiger partial charge in [-0.15, -0.1) is 0 Å². The lowest BCUT2D eigenvalue weighted by atomic mass is 10.4. The van der Waals surface area contributed by atoms with Crippen molar-refractivity contribution in [3.05, 3.63) is 18.5 Å². The number of nitrogens with one attached hydrogen (secondary N) is 1. The van der Waals surface area contributed by atoms with Gasteiger partial charge in [0.25, 0.3) is 0 Å². The van der Waals surface area contributed by atoms with Crippen LogP contribution in [0.2, 0.25) is 0 Å². The summed E-state index contributed by atoms with van der Waals surface area (Å²) < 4.78 is 7.11. The van der Waals surface area contributed by atoms with Gasteiger partial charge in [0.1, 0.15) is 0 Å². The topological polar surface area (TPSA) is 77.5 Å². The van der Waals surface area contributed by atoms with Crippen LogP contribution in [-0.4, -0.2) is 42.0 Å². The molecule has 0 unspecified atom stereocenters. The zero-order valence-corrected chi connectivity index (χ0v) is 11.0. The van der Waals surface area contributed by atoms with Gasteiger partial charge in [-0.25, -0.2) is 0 Å². The second kappa shape index (κ2) is 9.47. The molecule has 0 fully saturated rings. The quantitative estimate of drug-likeness (QED) is 0.384. The van der Waals surface area contributed by atoms with E-state index >= 15 is 0 Å². The normalized spacial score (nSPS) is 11.7. The van der Waals surface area contributed by atoms with E-state index < -0.39 is 0 Å². The second-order valence-corrected chi connectivity index (χ2v) is 3.87. The minimum atomic E-state index is 0.506. The van der Waals surface area contributed by atoms with E-state index in [1.165, 1.54) is 0 Å². The van der Waals surface area contributed by atoms with Crippen LogP contribution < -0.4 is 11.1 Å². The molecule has 6 heteroatoms. The summed E-state index contributed by atoms with van der Waals surface area (Å²) in [6.07, 6.45) is 5.59. The molecule has 0 amide bonds. The molecule has 1 aromatic heterocycles. The van der Waals surface area contributed by atoms with E-state index in [1.54, 1.807) is 6.20 Å². The number of hydrogen-bond acceptors (Lipinski definition) is 3. The van der Waals surface area contributed by atoms with Crippen molar-refractivity contribution < 1.29 is 4.74 Å². The van der Waals surface area contributed by atoms with Gasteiger partial charge in [0.05, 0.1) is 0 Å². The predicted molar refractivity (Wildman–Crippen MR) is 72.4 cm³/mol. The van der Waals surface area contributed by atoms with Crippen molar-refractivity contribution >= 4 is 5.96 Å². The Balaban J connectivity index is 1.99. The lowest BCUT2D eigenvalue weighted by Crippen LogP contribution is -2.33. The van der Waals surface area contributed by atoms with E-state index in [4.69, 9.17) is 10.5 Å². The molecule has 0 spiro atoms. The van der Waals surface area contributed by atoms with Crippen LogP contribution in [0, 0.1) is 0 Å². The summed E-state index contributed by atoms with van der Waals surface area (Å²) in [5.74, 6) is 0.506. The van der Waals surface area contributed by atoms with Crippen LogP contribution in [0.15, 0.2) is 23.5 Å². The third kappa shape index (κ3) is 6.90. The number of nitrogens with two attached hydrogens (primary N) is 1. The predicted octanol–water partition coefficient (Wildman–Crippen LogP) is 0.604. The van der Waals surface area contributed by atoms with Crippen LogP contribution >= 0.6 is 0 Å². The van der Waals surface area contributed by atoms with Crippen molar-refractivity contribution in [2.24, 2.45) is 10.7 Å². The standard InChI is InChI=1S/C12H23N5O/c1-2-18-11-5-7-15-12(13)14-6-3-9-17-10-4-8-16-17/h4,8,10H,2-3,5-7,9,11H2,1H3,(H3,13,14,15). The van der Waals surface area contributed by atoms with Crippen LogP contribution in [0.1, 0.15) is 19.8 Å². The lowest BCUT2D eigenvalue weighted by molar-refractivity contribution is 0.145. The van der Waals surface area contributed by atoms with Crippen molar-refractivity contribution in [2.75, 3.05) is 26.3 Å². The van der Waals surface area contributed by atoms with E-state index in [9.17, 15) is 0 Å². The van der Waals surface area contributed by atoms with Crippen molar-refractivity contribution in [3.8, 4) is 0 Å². The molecular weight excluding hydrogens is 230 g/mol. The molecule has 0 bridgehead atoms. The van der Waals surface area contributed by atoms with Crippen molar-refractivity contribution in [1.82, 2.24) is 15.1 Å². The highest BCUT2D eigenvalue weighted by Gasteiger charge is 1.93. The Labute approximate surface area is 108 Å². The number of aliphatic imine (C=N–C) groups is 1. The fourth-order valence-corrected chi connectivity index (χ4v) is 1.46. The number of aryl methyl sites for hydroxylation is 1. The monoisotopic (exact) mass is 253 g/mol. The first-order chi connectivity index (χ1) is 8.83. The molecule has 0 atom stereocenters. The van der Waals surface area contributed by atoms with Crippen LogP contribution in [0.3, 0.4) is 0 Å². The Kier molecular flexibility index (Phi) is 7.63. The number of guanidine groups is 1. The molecule has 1 aromatic rings. The summed E-state index contributed by atoms with van der Waals surface area (Å²) >= 11 is 0. The maximum Gasteiger partial charge on any atom is 0.188 e. The zero-order valence-electron chi connectivity index (χ0n) is 11.0. The van der Waals surface area contributed by atoms with E-state index in [-0.39, 0.29) is 0 Å². The van der Waals surface area contributed by atoms with Gasteiger partial charge in [-0.05, 0) is 25.8 Å². The molecule has 102 valence electrons. The third-order valence-corrected chi connectivity index (χ3v) is 2.36. The number of hydrogen-bond donors (Lipinski definition) is 2. The number of rotatable bonds is 9. The van der Waals surface area contributed by atoms with Gasteiger partial charge < -0.3 is 15.8 Å². The van der Waals surface area contributed by atoms with Gasteiger partial charge in [0.2, 0.25) is 0 Å². The van der Waals surface area contributed by atoms with Gasteiger partial charge >= 0.3 is 0 Å². The van der Waals surface area contributed by atoms with Crippen molar-refractivity contribution in [3.63, 3.8) is 0 Å². The van der Waals surface area contributed by atoms with Crippen molar-refractivity contribution in [2.45, 2.75) is 26.3 Å². The first-order valence-corrected chi connectivity index (χ1v) is 6.42. The highest BCUT2D eigenvalue weighted by atomic mass is 16.5. The summed E-state index contributed by atoms with van der Waals surface area (Å²) in [7, 11) is 0. The summed E-state index contributed by atoms with van der Waals surface area (Å²) in [6.45, 7) is 5.89. The Bertz CT molecular complexity index is 323. The number of nitrogens with zero attached hydrogens (tertiary/aromatic N) is 3. The Morgan fingerprint density at radius 3 is 3.11 bits per heavy atom. The van der Waals surface area contributed by atoms with Gasteiger partial charge in [0.15, 0.2) is 5.96 Å². The maximum absolute atomic E-state index is 5.72. The molecule has 0 aliphatic carbocycles. The fraction of sp³-hybridized carbons (Fsp3) is 0.667. The fourth-order valence-electron chi connectivity index (χ4n) is 1.46. The Morgan fingerprint density at radius 2 is 2.39 bits per heavy atom. The van der Waals surface area contributed by atoms with Crippen LogP contribution in [0.5, 0.6) is 0 Å². The average molecular weight is 253 g/mol. The van der Waals surface area contributed by atoms with Gasteiger partial charge in [-0.3, -0.25) is 9.67 Å². The molecule has 6 nitrogen and oxygen atoms in total. The molecule has 0 aliphatic rings. The van der Waals surface area contributed by atoms with E-state index in [1.807, 2.05) is 23.9 Å². The van der Waals surface area contributed by atoms with Gasteiger partial charge in [-0.2, -0.15) is 5.10 Å². The maximum atomic E-state index is 5.72. The number of ether oxygens (including phenoxy) is 1. The largest absolute Gasteiger partial charge is 0.382 e. The lowest BCUT2D eigenvalue weighted by Gasteiger charge is -2.05. The SMILES string of the molecule is CCOCCCNC(N)=NCCCn1cccn1. The smallest absolute Gasteiger partial charge is 0.188 e. The molecule has 0 aliphatic heterocycles. The highest BCUT2D eigenvalue weighted by Crippen LogP contribution is 1.89. The molecule has 0 saturated heterocycles. The van der Waals surface area contributed by atoms with Crippen LogP contribution in [0.25, 0.3) is 0 Å². The summed E-state index contributed by atoms with van der Waals surface area (Å²) in [6, 6.07) is 1.91. The Morgan fingerprint density at radius 1 is 1.50 bits per heavy atom. The second-order valence-electron chi connectivity index (χ2n) is 3.87. The molecule has 1 heterocycles. The van der Waals surface area contributed by atoms with Crippen LogP contribution in [-0.2, 0) is 11.3 Å². The molecule has 18 heavy (non-hydrogen) atoms. The average Bonchev–Trinajstić information content (AvgIpc) is 2.87. The van der Waals surface area contributed by atoms with Gasteiger partial charge in [0, 0.05) is 45.2 Å². The van der Waals surface area contributed by atoms with E-state index in [2.05, 4.69) is 15.4 Å².